The van der Waals surface area contributed by atoms with Crippen molar-refractivity contribution in [1.82, 2.24) is 4.98 Å². The smallest absolute Gasteiger partial charge is 0.0715 e. The summed E-state index contributed by atoms with van der Waals surface area (Å²) < 4.78 is 0. The molecule has 0 amide bonds. The Bertz CT molecular complexity index is 2060. The lowest BCUT2D eigenvalue weighted by molar-refractivity contribution is 0.666. The van der Waals surface area contributed by atoms with E-state index in [2.05, 4.69) is 153 Å². The van der Waals surface area contributed by atoms with Gasteiger partial charge in [-0.15, -0.1) is 0 Å². The van der Waals surface area contributed by atoms with Crippen molar-refractivity contribution in [2.45, 2.75) is 19.3 Å². The predicted octanol–water partition coefficient (Wildman–Crippen LogP) is 11.2. The molecule has 1 nitrogen and oxygen atoms in total. The molecule has 1 aliphatic rings. The first-order valence-corrected chi connectivity index (χ1v) is 15.0. The molecule has 7 aromatic rings. The van der Waals surface area contributed by atoms with Crippen LogP contribution in [0, 0.1) is 0 Å². The van der Waals surface area contributed by atoms with Gasteiger partial charge in [-0.25, -0.2) is 4.98 Å². The van der Waals surface area contributed by atoms with Crippen molar-refractivity contribution in [2.24, 2.45) is 0 Å². The summed E-state index contributed by atoms with van der Waals surface area (Å²) in [7, 11) is 0. The van der Waals surface area contributed by atoms with E-state index in [-0.39, 0.29) is 5.41 Å². The second-order valence-electron chi connectivity index (χ2n) is 12.0. The van der Waals surface area contributed by atoms with Crippen LogP contribution in [0.3, 0.4) is 0 Å². The maximum Gasteiger partial charge on any atom is 0.0715 e. The van der Waals surface area contributed by atoms with Gasteiger partial charge in [-0.1, -0.05) is 147 Å². The molecular formula is C42H31N. The van der Waals surface area contributed by atoms with Crippen molar-refractivity contribution in [3.63, 3.8) is 0 Å². The van der Waals surface area contributed by atoms with Crippen LogP contribution in [0.15, 0.2) is 152 Å². The summed E-state index contributed by atoms with van der Waals surface area (Å²) in [6.07, 6.45) is 0. The molecule has 8 rings (SSSR count). The van der Waals surface area contributed by atoms with E-state index in [0.717, 1.165) is 28.1 Å². The number of hydrogen-bond donors (Lipinski definition) is 0. The highest BCUT2D eigenvalue weighted by atomic mass is 14.7. The molecule has 0 radical (unpaired) electrons. The van der Waals surface area contributed by atoms with E-state index in [4.69, 9.17) is 4.98 Å². The number of hydrogen-bond acceptors (Lipinski definition) is 1. The van der Waals surface area contributed by atoms with Gasteiger partial charge in [-0.2, -0.15) is 0 Å². The molecule has 1 aliphatic carbocycles. The molecule has 43 heavy (non-hydrogen) atoms. The van der Waals surface area contributed by atoms with Crippen molar-refractivity contribution < 1.29 is 0 Å². The zero-order chi connectivity index (χ0) is 29.0. The third-order valence-corrected chi connectivity index (χ3v) is 9.04. The molecule has 1 heteroatoms. The molecule has 0 saturated heterocycles. The van der Waals surface area contributed by atoms with Gasteiger partial charge in [-0.05, 0) is 73.5 Å². The molecule has 0 bridgehead atoms. The van der Waals surface area contributed by atoms with Crippen LogP contribution in [0.5, 0.6) is 0 Å². The van der Waals surface area contributed by atoms with E-state index in [1.807, 2.05) is 12.1 Å². The van der Waals surface area contributed by atoms with E-state index in [1.165, 1.54) is 49.7 Å². The van der Waals surface area contributed by atoms with Crippen LogP contribution < -0.4 is 0 Å². The van der Waals surface area contributed by atoms with Gasteiger partial charge >= 0.3 is 0 Å². The number of pyridine rings is 1. The van der Waals surface area contributed by atoms with Crippen molar-refractivity contribution in [1.29, 1.82) is 0 Å². The van der Waals surface area contributed by atoms with Crippen LogP contribution in [0.25, 0.3) is 66.7 Å². The third kappa shape index (κ3) is 4.20. The van der Waals surface area contributed by atoms with Crippen LogP contribution in [-0.4, -0.2) is 4.98 Å². The van der Waals surface area contributed by atoms with E-state index < -0.39 is 0 Å². The summed E-state index contributed by atoms with van der Waals surface area (Å²) in [6.45, 7) is 4.74. The second-order valence-corrected chi connectivity index (χ2v) is 12.0. The Kier molecular flexibility index (Phi) is 5.87. The van der Waals surface area contributed by atoms with Crippen molar-refractivity contribution >= 4 is 10.8 Å². The lowest BCUT2D eigenvalue weighted by Crippen LogP contribution is -2.15. The van der Waals surface area contributed by atoms with Gasteiger partial charge in [0.05, 0.1) is 11.4 Å². The summed E-state index contributed by atoms with van der Waals surface area (Å²) in [6, 6.07) is 54.6. The van der Waals surface area contributed by atoms with Gasteiger partial charge in [-0.3, -0.25) is 0 Å². The predicted molar refractivity (Wildman–Crippen MR) is 181 cm³/mol. The van der Waals surface area contributed by atoms with E-state index in [0.29, 0.717) is 0 Å². The highest BCUT2D eigenvalue weighted by Crippen LogP contribution is 2.54. The minimum atomic E-state index is -0.0692. The molecule has 0 saturated carbocycles. The third-order valence-electron chi connectivity index (χ3n) is 9.04. The van der Waals surface area contributed by atoms with Crippen LogP contribution >= 0.6 is 0 Å². The molecule has 0 fully saturated rings. The van der Waals surface area contributed by atoms with Crippen molar-refractivity contribution in [2.75, 3.05) is 0 Å². The molecule has 0 spiro atoms. The minimum Gasteiger partial charge on any atom is -0.248 e. The topological polar surface area (TPSA) is 12.9 Å². The molecular weight excluding hydrogens is 518 g/mol. The first kappa shape index (κ1) is 25.4. The van der Waals surface area contributed by atoms with Crippen LogP contribution in [0.4, 0.5) is 0 Å². The fraction of sp³-hybridized carbons (Fsp3) is 0.0714. The Labute approximate surface area is 253 Å². The molecule has 0 unspecified atom stereocenters. The molecule has 0 atom stereocenters. The molecule has 204 valence electrons. The SMILES string of the molecule is CC1(C)c2ccccc2-c2c(-c3ccc(-c4cc(-c5ccccc5)nc(-c5ccccc5)c4)cc3)cc3ccccc3c21. The maximum atomic E-state index is 5.07. The molecule has 1 heterocycles. The van der Waals surface area contributed by atoms with Crippen LogP contribution in [0.1, 0.15) is 25.0 Å². The first-order chi connectivity index (χ1) is 21.1. The van der Waals surface area contributed by atoms with Crippen molar-refractivity contribution in [3.8, 4) is 55.9 Å². The zero-order valence-electron chi connectivity index (χ0n) is 24.4. The van der Waals surface area contributed by atoms with Gasteiger partial charge < -0.3 is 0 Å². The summed E-state index contributed by atoms with van der Waals surface area (Å²) in [4.78, 5) is 5.07. The Morgan fingerprint density at radius 3 is 1.67 bits per heavy atom. The number of rotatable bonds is 4. The molecule has 6 aromatic carbocycles. The number of benzene rings is 6. The van der Waals surface area contributed by atoms with Crippen LogP contribution in [0.2, 0.25) is 0 Å². The first-order valence-electron chi connectivity index (χ1n) is 15.0. The van der Waals surface area contributed by atoms with E-state index in [1.54, 1.807) is 0 Å². The van der Waals surface area contributed by atoms with E-state index in [9.17, 15) is 0 Å². The number of nitrogens with zero attached hydrogens (tertiary/aromatic N) is 1. The fourth-order valence-corrected chi connectivity index (χ4v) is 6.94. The average molecular weight is 550 g/mol. The summed E-state index contributed by atoms with van der Waals surface area (Å²) in [5, 5.41) is 2.63. The average Bonchev–Trinajstić information content (AvgIpc) is 3.32. The lowest BCUT2D eigenvalue weighted by Gasteiger charge is -2.24. The summed E-state index contributed by atoms with van der Waals surface area (Å²) >= 11 is 0. The number of aromatic nitrogens is 1. The summed E-state index contributed by atoms with van der Waals surface area (Å²) in [5.74, 6) is 0. The van der Waals surface area contributed by atoms with Gasteiger partial charge in [0.2, 0.25) is 0 Å². The highest BCUT2D eigenvalue weighted by Gasteiger charge is 2.38. The Hall–Kier alpha value is -5.27. The van der Waals surface area contributed by atoms with Gasteiger partial charge in [0, 0.05) is 16.5 Å². The minimum absolute atomic E-state index is 0.0692. The molecule has 1 aromatic heterocycles. The normalized spacial score (nSPS) is 13.1. The van der Waals surface area contributed by atoms with Crippen LogP contribution in [-0.2, 0) is 5.41 Å². The second kappa shape index (κ2) is 9.93. The standard InChI is InChI=1S/C42H31N/c1-42(2)37-20-12-11-19-35(37)40-36(25-32-17-9-10-18-34(32)41(40)42)29-23-21-28(22-24-29)33-26-38(30-13-5-3-6-14-30)43-39(27-33)31-15-7-4-8-16-31/h3-27H,1-2H3. The van der Waals surface area contributed by atoms with E-state index >= 15 is 0 Å². The summed E-state index contributed by atoms with van der Waals surface area (Å²) in [5.41, 5.74) is 14.5. The zero-order valence-corrected chi connectivity index (χ0v) is 24.4. The van der Waals surface area contributed by atoms with Gasteiger partial charge in [0.25, 0.3) is 0 Å². The fourth-order valence-electron chi connectivity index (χ4n) is 6.94. The largest absolute Gasteiger partial charge is 0.248 e. The maximum absolute atomic E-state index is 5.07. The highest BCUT2D eigenvalue weighted by molar-refractivity contribution is 6.04. The Balaban J connectivity index is 1.29. The van der Waals surface area contributed by atoms with Gasteiger partial charge in [0.1, 0.15) is 0 Å². The lowest BCUT2D eigenvalue weighted by atomic mass is 9.79. The Morgan fingerprint density at radius 2 is 1.00 bits per heavy atom. The van der Waals surface area contributed by atoms with Crippen molar-refractivity contribution in [3.05, 3.63) is 163 Å². The molecule has 0 aliphatic heterocycles. The Morgan fingerprint density at radius 1 is 0.442 bits per heavy atom. The molecule has 0 N–H and O–H groups in total. The monoisotopic (exact) mass is 549 g/mol. The quantitative estimate of drug-likeness (QED) is 0.213. The number of fused-ring (bicyclic) bond motifs is 5. The van der Waals surface area contributed by atoms with Gasteiger partial charge in [0.15, 0.2) is 0 Å².